The van der Waals surface area contributed by atoms with Crippen LogP contribution in [0, 0.1) is 0 Å². The summed E-state index contributed by atoms with van der Waals surface area (Å²) in [7, 11) is 0. The Labute approximate surface area is 201 Å². The van der Waals surface area contributed by atoms with Gasteiger partial charge >= 0.3 is 12.1 Å². The first-order chi connectivity index (χ1) is 16.6. The number of imide groups is 1. The normalized spacial score (nSPS) is 13.0. The second-order valence-electron chi connectivity index (χ2n) is 7.36. The van der Waals surface area contributed by atoms with Crippen molar-refractivity contribution >= 4 is 46.7 Å². The molecule has 35 heavy (non-hydrogen) atoms. The number of amides is 3. The maximum absolute atomic E-state index is 12.9. The first kappa shape index (κ1) is 24.0. The Morgan fingerprint density at radius 1 is 0.914 bits per heavy atom. The number of para-hydroxylation sites is 1. The Kier molecular flexibility index (Phi) is 6.31. The van der Waals surface area contributed by atoms with Crippen LogP contribution in [0.25, 0.3) is 0 Å². The van der Waals surface area contributed by atoms with Crippen LogP contribution in [0.3, 0.4) is 0 Å². The molecule has 7 nitrogen and oxygen atoms in total. The summed E-state index contributed by atoms with van der Waals surface area (Å²) in [6.07, 6.45) is -4.58. The number of hydrogen-bond acceptors (Lipinski definition) is 5. The summed E-state index contributed by atoms with van der Waals surface area (Å²) in [5.41, 5.74) is -0.960. The SMILES string of the molecule is O=C(COC(=O)c1ccc2c(c1)C(=O)N(c1ccccc1Cl)C2=O)Nc1cccc(C(F)(F)F)c1. The first-order valence-corrected chi connectivity index (χ1v) is 10.4. The summed E-state index contributed by atoms with van der Waals surface area (Å²) >= 11 is 6.11. The quantitative estimate of drug-likeness (QED) is 0.393. The summed E-state index contributed by atoms with van der Waals surface area (Å²) in [6.45, 7) is -0.787. The Balaban J connectivity index is 1.43. The van der Waals surface area contributed by atoms with Gasteiger partial charge in [-0.1, -0.05) is 29.8 Å². The average Bonchev–Trinajstić information content (AvgIpc) is 3.07. The highest BCUT2D eigenvalue weighted by Crippen LogP contribution is 2.34. The molecule has 3 amide bonds. The maximum atomic E-state index is 12.9. The molecule has 1 aliphatic heterocycles. The molecule has 3 aromatic rings. The number of esters is 1. The third-order valence-corrected chi connectivity index (χ3v) is 5.34. The maximum Gasteiger partial charge on any atom is 0.416 e. The van der Waals surface area contributed by atoms with Gasteiger partial charge in [0.1, 0.15) is 0 Å². The molecule has 0 aromatic heterocycles. The van der Waals surface area contributed by atoms with E-state index >= 15 is 0 Å². The lowest BCUT2D eigenvalue weighted by atomic mass is 10.1. The summed E-state index contributed by atoms with van der Waals surface area (Å²) in [6, 6.07) is 13.9. The fraction of sp³-hybridized carbons (Fsp3) is 0.0833. The van der Waals surface area contributed by atoms with E-state index in [-0.39, 0.29) is 33.1 Å². The number of fused-ring (bicyclic) bond motifs is 1. The van der Waals surface area contributed by atoms with E-state index in [2.05, 4.69) is 5.32 Å². The van der Waals surface area contributed by atoms with Crippen molar-refractivity contribution in [2.24, 2.45) is 0 Å². The number of nitrogens with one attached hydrogen (secondary N) is 1. The van der Waals surface area contributed by atoms with Crippen LogP contribution in [0.15, 0.2) is 66.7 Å². The van der Waals surface area contributed by atoms with Crippen LogP contribution >= 0.6 is 11.6 Å². The molecule has 11 heteroatoms. The van der Waals surface area contributed by atoms with Gasteiger partial charge in [0.15, 0.2) is 6.61 Å². The summed E-state index contributed by atoms with van der Waals surface area (Å²) in [5, 5.41) is 2.40. The van der Waals surface area contributed by atoms with Crippen molar-refractivity contribution in [2.75, 3.05) is 16.8 Å². The fourth-order valence-electron chi connectivity index (χ4n) is 3.40. The lowest BCUT2D eigenvalue weighted by molar-refractivity contribution is -0.137. The second-order valence-corrected chi connectivity index (χ2v) is 7.77. The molecule has 3 aromatic carbocycles. The van der Waals surface area contributed by atoms with Crippen LogP contribution in [0.1, 0.15) is 36.6 Å². The van der Waals surface area contributed by atoms with Crippen molar-refractivity contribution in [3.63, 3.8) is 0 Å². The number of ether oxygens (including phenoxy) is 1. The van der Waals surface area contributed by atoms with E-state index in [4.69, 9.17) is 16.3 Å². The number of hydrogen-bond donors (Lipinski definition) is 1. The zero-order valence-corrected chi connectivity index (χ0v) is 18.3. The van der Waals surface area contributed by atoms with E-state index in [1.165, 1.54) is 36.4 Å². The molecule has 0 unspecified atom stereocenters. The van der Waals surface area contributed by atoms with Crippen LogP contribution in [-0.2, 0) is 15.7 Å². The Morgan fingerprint density at radius 2 is 1.63 bits per heavy atom. The topological polar surface area (TPSA) is 92.8 Å². The molecule has 4 rings (SSSR count). The second kappa shape index (κ2) is 9.22. The minimum atomic E-state index is -4.58. The monoisotopic (exact) mass is 502 g/mol. The molecule has 0 radical (unpaired) electrons. The van der Waals surface area contributed by atoms with Crippen LogP contribution in [0.4, 0.5) is 24.5 Å². The molecule has 0 aliphatic carbocycles. The smallest absolute Gasteiger partial charge is 0.416 e. The van der Waals surface area contributed by atoms with E-state index in [0.717, 1.165) is 23.1 Å². The number of alkyl halides is 3. The van der Waals surface area contributed by atoms with Crippen molar-refractivity contribution in [3.05, 3.63) is 94.0 Å². The molecular formula is C24H14ClF3N2O5. The standard InChI is InChI=1S/C24H14ClF3N2O5/c25-18-6-1-2-7-19(18)30-21(32)16-9-8-13(10-17(16)22(30)33)23(34)35-12-20(31)29-15-5-3-4-14(11-15)24(26,27)28/h1-11H,12H2,(H,29,31). The highest BCUT2D eigenvalue weighted by Gasteiger charge is 2.38. The van der Waals surface area contributed by atoms with Crippen molar-refractivity contribution in [1.82, 2.24) is 0 Å². The highest BCUT2D eigenvalue weighted by atomic mass is 35.5. The fourth-order valence-corrected chi connectivity index (χ4v) is 3.62. The molecule has 0 fully saturated rings. The van der Waals surface area contributed by atoms with Gasteiger partial charge in [0.2, 0.25) is 0 Å². The minimum Gasteiger partial charge on any atom is -0.452 e. The van der Waals surface area contributed by atoms with Gasteiger partial charge in [-0.2, -0.15) is 13.2 Å². The molecular weight excluding hydrogens is 489 g/mol. The molecule has 0 saturated heterocycles. The van der Waals surface area contributed by atoms with Crippen LogP contribution < -0.4 is 10.2 Å². The van der Waals surface area contributed by atoms with E-state index < -0.39 is 42.0 Å². The number of carbonyl (C=O) groups excluding carboxylic acids is 4. The largest absolute Gasteiger partial charge is 0.452 e. The molecule has 0 spiro atoms. The molecule has 1 aliphatic rings. The third kappa shape index (κ3) is 4.87. The molecule has 1 heterocycles. The molecule has 0 atom stereocenters. The number of nitrogens with zero attached hydrogens (tertiary/aromatic N) is 1. The third-order valence-electron chi connectivity index (χ3n) is 5.02. The van der Waals surface area contributed by atoms with E-state index in [0.29, 0.717) is 0 Å². The molecule has 0 saturated carbocycles. The van der Waals surface area contributed by atoms with Crippen LogP contribution in [0.5, 0.6) is 0 Å². The van der Waals surface area contributed by atoms with Gasteiger partial charge in [-0.05, 0) is 48.5 Å². The first-order valence-electron chi connectivity index (χ1n) is 9.98. The Morgan fingerprint density at radius 3 is 2.34 bits per heavy atom. The number of carbonyl (C=O) groups is 4. The van der Waals surface area contributed by atoms with Gasteiger partial charge in [0.05, 0.1) is 33.0 Å². The van der Waals surface area contributed by atoms with Crippen molar-refractivity contribution in [1.29, 1.82) is 0 Å². The van der Waals surface area contributed by atoms with Crippen molar-refractivity contribution < 1.29 is 37.1 Å². The van der Waals surface area contributed by atoms with Crippen molar-refractivity contribution in [2.45, 2.75) is 6.18 Å². The lowest BCUT2D eigenvalue weighted by Crippen LogP contribution is -2.29. The van der Waals surface area contributed by atoms with Crippen LogP contribution in [-0.4, -0.2) is 30.3 Å². The average molecular weight is 503 g/mol. The number of halogens is 4. The molecule has 0 bridgehead atoms. The summed E-state index contributed by atoms with van der Waals surface area (Å²) < 4.78 is 43.3. The van der Waals surface area contributed by atoms with Gasteiger partial charge in [-0.3, -0.25) is 14.4 Å². The van der Waals surface area contributed by atoms with Gasteiger partial charge in [-0.25, -0.2) is 9.69 Å². The van der Waals surface area contributed by atoms with Gasteiger partial charge in [-0.15, -0.1) is 0 Å². The zero-order valence-electron chi connectivity index (χ0n) is 17.6. The van der Waals surface area contributed by atoms with Gasteiger partial charge in [0.25, 0.3) is 17.7 Å². The minimum absolute atomic E-state index is 0.0437. The number of anilines is 2. The van der Waals surface area contributed by atoms with Crippen molar-refractivity contribution in [3.8, 4) is 0 Å². The Hall–Kier alpha value is -4.18. The van der Waals surface area contributed by atoms with Gasteiger partial charge in [0, 0.05) is 5.69 Å². The summed E-state index contributed by atoms with van der Waals surface area (Å²) in [4.78, 5) is 50.9. The Bertz CT molecular complexity index is 1370. The lowest BCUT2D eigenvalue weighted by Gasteiger charge is -2.15. The van der Waals surface area contributed by atoms with Crippen LogP contribution in [0.2, 0.25) is 5.02 Å². The molecule has 178 valence electrons. The predicted octanol–water partition coefficient (Wildman–Crippen LogP) is 4.95. The predicted molar refractivity (Wildman–Crippen MR) is 119 cm³/mol. The summed E-state index contributed by atoms with van der Waals surface area (Å²) in [5.74, 6) is -3.13. The van der Waals surface area contributed by atoms with E-state index in [1.807, 2.05) is 0 Å². The van der Waals surface area contributed by atoms with Gasteiger partial charge < -0.3 is 10.1 Å². The van der Waals surface area contributed by atoms with E-state index in [1.54, 1.807) is 12.1 Å². The zero-order chi connectivity index (χ0) is 25.3. The highest BCUT2D eigenvalue weighted by molar-refractivity contribution is 6.39. The number of rotatable bonds is 5. The molecule has 1 N–H and O–H groups in total. The number of benzene rings is 3. The van der Waals surface area contributed by atoms with E-state index in [9.17, 15) is 32.3 Å².